The number of nitrogen functional groups attached to an aromatic ring is 1. The summed E-state index contributed by atoms with van der Waals surface area (Å²) in [4.78, 5) is 15.0. The van der Waals surface area contributed by atoms with Crippen molar-refractivity contribution in [1.29, 1.82) is 0 Å². The zero-order valence-corrected chi connectivity index (χ0v) is 11.5. The van der Waals surface area contributed by atoms with Gasteiger partial charge in [0.25, 0.3) is 5.91 Å². The average molecular weight is 281 g/mol. The van der Waals surface area contributed by atoms with Gasteiger partial charge < -0.3 is 10.6 Å². The van der Waals surface area contributed by atoms with Crippen LogP contribution in [-0.2, 0) is 6.54 Å². The molecule has 1 amide bonds. The van der Waals surface area contributed by atoms with E-state index in [4.69, 9.17) is 17.3 Å². The number of thiophene rings is 1. The first-order chi connectivity index (χ1) is 8.59. The monoisotopic (exact) mass is 280 g/mol. The van der Waals surface area contributed by atoms with Gasteiger partial charge in [0.15, 0.2) is 0 Å². The number of benzene rings is 1. The topological polar surface area (TPSA) is 46.3 Å². The number of rotatable bonds is 3. The highest BCUT2D eigenvalue weighted by Crippen LogP contribution is 2.24. The largest absolute Gasteiger partial charge is 0.398 e. The van der Waals surface area contributed by atoms with Crippen molar-refractivity contribution in [1.82, 2.24) is 4.90 Å². The minimum absolute atomic E-state index is 0.124. The van der Waals surface area contributed by atoms with Gasteiger partial charge in [-0.3, -0.25) is 4.79 Å². The van der Waals surface area contributed by atoms with Gasteiger partial charge in [0.2, 0.25) is 0 Å². The van der Waals surface area contributed by atoms with Gasteiger partial charge in [-0.15, -0.1) is 11.3 Å². The van der Waals surface area contributed by atoms with Crippen LogP contribution < -0.4 is 5.73 Å². The molecule has 0 saturated heterocycles. The highest BCUT2D eigenvalue weighted by Gasteiger charge is 2.16. The average Bonchev–Trinajstić information content (AvgIpc) is 2.84. The Labute approximate surface area is 115 Å². The summed E-state index contributed by atoms with van der Waals surface area (Å²) in [6.07, 6.45) is 0. The van der Waals surface area contributed by atoms with Crippen LogP contribution in [0.4, 0.5) is 5.69 Å². The zero-order chi connectivity index (χ0) is 13.1. The van der Waals surface area contributed by atoms with E-state index in [0.29, 0.717) is 22.8 Å². The van der Waals surface area contributed by atoms with Crippen LogP contribution in [0.1, 0.15) is 15.2 Å². The first-order valence-corrected chi connectivity index (χ1v) is 6.67. The van der Waals surface area contributed by atoms with Crippen molar-refractivity contribution in [2.75, 3.05) is 12.8 Å². The third kappa shape index (κ3) is 2.66. The van der Waals surface area contributed by atoms with E-state index in [1.807, 2.05) is 17.5 Å². The molecule has 2 rings (SSSR count). The Bertz CT molecular complexity index is 554. The molecule has 0 spiro atoms. The molecule has 2 aromatic rings. The minimum Gasteiger partial charge on any atom is -0.398 e. The van der Waals surface area contributed by atoms with Crippen LogP contribution >= 0.6 is 22.9 Å². The smallest absolute Gasteiger partial charge is 0.255 e. The lowest BCUT2D eigenvalue weighted by Crippen LogP contribution is -2.26. The highest BCUT2D eigenvalue weighted by atomic mass is 35.5. The molecule has 1 aromatic carbocycles. The fraction of sp³-hybridized carbons (Fsp3) is 0.154. The predicted molar refractivity (Wildman–Crippen MR) is 76.0 cm³/mol. The second-order valence-corrected chi connectivity index (χ2v) is 5.36. The van der Waals surface area contributed by atoms with E-state index in [1.165, 1.54) is 0 Å². The number of nitrogens with zero attached hydrogens (tertiary/aromatic N) is 1. The molecule has 1 aromatic heterocycles. The molecular formula is C13H13ClN2OS. The molecule has 5 heteroatoms. The van der Waals surface area contributed by atoms with E-state index in [2.05, 4.69) is 0 Å². The number of carbonyl (C=O) groups is 1. The van der Waals surface area contributed by atoms with Gasteiger partial charge in [0.05, 0.1) is 22.8 Å². The Morgan fingerprint density at radius 2 is 2.17 bits per heavy atom. The third-order valence-electron chi connectivity index (χ3n) is 2.58. The first-order valence-electron chi connectivity index (χ1n) is 5.41. The van der Waals surface area contributed by atoms with Crippen molar-refractivity contribution in [3.8, 4) is 0 Å². The molecule has 0 aliphatic heterocycles. The normalized spacial score (nSPS) is 10.3. The van der Waals surface area contributed by atoms with E-state index < -0.39 is 0 Å². The van der Waals surface area contributed by atoms with Gasteiger partial charge >= 0.3 is 0 Å². The molecule has 0 fully saturated rings. The number of hydrogen-bond acceptors (Lipinski definition) is 3. The fourth-order valence-corrected chi connectivity index (χ4v) is 2.59. The summed E-state index contributed by atoms with van der Waals surface area (Å²) in [5, 5.41) is 2.31. The van der Waals surface area contributed by atoms with Crippen molar-refractivity contribution < 1.29 is 4.79 Å². The number of halogens is 1. The Morgan fingerprint density at radius 3 is 2.83 bits per heavy atom. The zero-order valence-electron chi connectivity index (χ0n) is 9.89. The summed E-state index contributed by atoms with van der Waals surface area (Å²) < 4.78 is 0. The SMILES string of the molecule is CN(Cc1cccs1)C(=O)c1cccc(N)c1Cl. The van der Waals surface area contributed by atoms with Crippen LogP contribution in [-0.4, -0.2) is 17.9 Å². The lowest BCUT2D eigenvalue weighted by molar-refractivity contribution is 0.0786. The van der Waals surface area contributed by atoms with Gasteiger partial charge in [0.1, 0.15) is 0 Å². The van der Waals surface area contributed by atoms with Gasteiger partial charge in [-0.1, -0.05) is 23.7 Å². The van der Waals surface area contributed by atoms with Crippen LogP contribution in [0.3, 0.4) is 0 Å². The summed E-state index contributed by atoms with van der Waals surface area (Å²) in [5.41, 5.74) is 6.56. The van der Waals surface area contributed by atoms with E-state index in [-0.39, 0.29) is 5.91 Å². The van der Waals surface area contributed by atoms with Gasteiger partial charge in [-0.25, -0.2) is 0 Å². The lowest BCUT2D eigenvalue weighted by Gasteiger charge is -2.17. The van der Waals surface area contributed by atoms with Gasteiger partial charge in [-0.05, 0) is 23.6 Å². The Balaban J connectivity index is 2.18. The molecule has 0 bridgehead atoms. The molecule has 0 radical (unpaired) electrons. The standard InChI is InChI=1S/C13H13ClN2OS/c1-16(8-9-4-3-7-18-9)13(17)10-5-2-6-11(15)12(10)14/h2-7H,8,15H2,1H3. The van der Waals surface area contributed by atoms with E-state index in [1.54, 1.807) is 41.5 Å². The number of hydrogen-bond donors (Lipinski definition) is 1. The van der Waals surface area contributed by atoms with Crippen molar-refractivity contribution >= 4 is 34.5 Å². The molecule has 94 valence electrons. The number of amides is 1. The molecule has 0 aliphatic rings. The van der Waals surface area contributed by atoms with Crippen LogP contribution in [0.25, 0.3) is 0 Å². The fourth-order valence-electron chi connectivity index (χ4n) is 1.63. The maximum atomic E-state index is 12.2. The quantitative estimate of drug-likeness (QED) is 0.877. The molecule has 2 N–H and O–H groups in total. The molecule has 0 unspecified atom stereocenters. The molecular weight excluding hydrogens is 268 g/mol. The van der Waals surface area contributed by atoms with Crippen LogP contribution in [0.5, 0.6) is 0 Å². The first kappa shape index (κ1) is 12.9. The molecule has 1 heterocycles. The summed E-state index contributed by atoms with van der Waals surface area (Å²) >= 11 is 7.66. The molecule has 0 saturated carbocycles. The van der Waals surface area contributed by atoms with Crippen LogP contribution in [0.2, 0.25) is 5.02 Å². The molecule has 0 atom stereocenters. The number of nitrogens with two attached hydrogens (primary N) is 1. The molecule has 18 heavy (non-hydrogen) atoms. The van der Waals surface area contributed by atoms with Crippen molar-refractivity contribution in [3.05, 3.63) is 51.2 Å². The maximum Gasteiger partial charge on any atom is 0.255 e. The van der Waals surface area contributed by atoms with Crippen LogP contribution in [0, 0.1) is 0 Å². The second kappa shape index (κ2) is 5.42. The second-order valence-electron chi connectivity index (χ2n) is 3.95. The van der Waals surface area contributed by atoms with Crippen molar-refractivity contribution in [2.45, 2.75) is 6.54 Å². The molecule has 0 aliphatic carbocycles. The van der Waals surface area contributed by atoms with Crippen LogP contribution in [0.15, 0.2) is 35.7 Å². The van der Waals surface area contributed by atoms with Gasteiger partial charge in [0, 0.05) is 11.9 Å². The van der Waals surface area contributed by atoms with Crippen molar-refractivity contribution in [2.24, 2.45) is 0 Å². The summed E-state index contributed by atoms with van der Waals surface area (Å²) in [5.74, 6) is -0.124. The maximum absolute atomic E-state index is 12.2. The minimum atomic E-state index is -0.124. The molecule has 3 nitrogen and oxygen atoms in total. The number of anilines is 1. The lowest BCUT2D eigenvalue weighted by atomic mass is 10.1. The third-order valence-corrected chi connectivity index (χ3v) is 3.86. The summed E-state index contributed by atoms with van der Waals surface area (Å²) in [6, 6.07) is 9.05. The van der Waals surface area contributed by atoms with Gasteiger partial charge in [-0.2, -0.15) is 0 Å². The predicted octanol–water partition coefficient (Wildman–Crippen LogP) is 3.26. The van der Waals surface area contributed by atoms with E-state index >= 15 is 0 Å². The Kier molecular flexibility index (Phi) is 3.89. The van der Waals surface area contributed by atoms with Crippen molar-refractivity contribution in [3.63, 3.8) is 0 Å². The van der Waals surface area contributed by atoms with E-state index in [9.17, 15) is 4.79 Å². The number of carbonyl (C=O) groups excluding carboxylic acids is 1. The summed E-state index contributed by atoms with van der Waals surface area (Å²) in [7, 11) is 1.75. The Hall–Kier alpha value is -1.52. The summed E-state index contributed by atoms with van der Waals surface area (Å²) in [6.45, 7) is 0.571. The highest BCUT2D eigenvalue weighted by molar-refractivity contribution is 7.09. The Morgan fingerprint density at radius 1 is 1.39 bits per heavy atom. The van der Waals surface area contributed by atoms with E-state index in [0.717, 1.165) is 4.88 Å².